The van der Waals surface area contributed by atoms with E-state index in [2.05, 4.69) is 4.74 Å². The minimum atomic E-state index is -0.930. The molecule has 2 rings (SSSR count). The monoisotopic (exact) mass is 319 g/mol. The number of carboxylic acid groups (broad SMARTS) is 1. The van der Waals surface area contributed by atoms with Gasteiger partial charge in [-0.25, -0.2) is 9.59 Å². The van der Waals surface area contributed by atoms with Crippen LogP contribution in [0.3, 0.4) is 0 Å². The van der Waals surface area contributed by atoms with Crippen LogP contribution in [0, 0.1) is 0 Å². The van der Waals surface area contributed by atoms with E-state index in [4.69, 9.17) is 0 Å². The molecule has 1 aromatic rings. The van der Waals surface area contributed by atoms with Crippen LogP contribution in [0.5, 0.6) is 0 Å². The van der Waals surface area contributed by atoms with Gasteiger partial charge in [-0.2, -0.15) is 0 Å². The van der Waals surface area contributed by atoms with E-state index in [1.165, 1.54) is 12.0 Å². The molecule has 1 saturated heterocycles. The fourth-order valence-electron chi connectivity index (χ4n) is 2.81. The van der Waals surface area contributed by atoms with E-state index in [1.807, 2.05) is 0 Å². The number of aryl methyl sites for hydroxylation is 1. The van der Waals surface area contributed by atoms with E-state index in [-0.39, 0.29) is 12.3 Å². The third-order valence-corrected chi connectivity index (χ3v) is 4.11. The van der Waals surface area contributed by atoms with Gasteiger partial charge in [0.15, 0.2) is 0 Å². The molecule has 0 aromatic heterocycles. The molecule has 0 saturated carbocycles. The van der Waals surface area contributed by atoms with Crippen LogP contribution in [-0.4, -0.2) is 47.5 Å². The molecule has 0 radical (unpaired) electrons. The van der Waals surface area contributed by atoms with Crippen LogP contribution in [0.4, 0.5) is 0 Å². The Morgan fingerprint density at radius 1 is 1.22 bits per heavy atom. The average molecular weight is 319 g/mol. The van der Waals surface area contributed by atoms with Gasteiger partial charge in [0.2, 0.25) is 5.91 Å². The summed E-state index contributed by atoms with van der Waals surface area (Å²) >= 11 is 0. The third-order valence-electron chi connectivity index (χ3n) is 4.11. The Kier molecular flexibility index (Phi) is 5.73. The highest BCUT2D eigenvalue weighted by atomic mass is 16.5. The molecule has 0 spiro atoms. The molecular weight excluding hydrogens is 298 g/mol. The molecule has 23 heavy (non-hydrogen) atoms. The molecule has 1 N–H and O–H groups in total. The molecule has 6 heteroatoms. The first-order valence-corrected chi connectivity index (χ1v) is 7.72. The Balaban J connectivity index is 1.93. The molecule has 1 unspecified atom stereocenters. The Hall–Kier alpha value is -2.37. The highest BCUT2D eigenvalue weighted by molar-refractivity contribution is 5.89. The normalized spacial score (nSPS) is 17.6. The number of benzene rings is 1. The molecule has 1 heterocycles. The second-order valence-corrected chi connectivity index (χ2v) is 5.63. The summed E-state index contributed by atoms with van der Waals surface area (Å²) in [5.74, 6) is -1.46. The number of ether oxygens (including phenoxy) is 1. The van der Waals surface area contributed by atoms with Gasteiger partial charge in [-0.3, -0.25) is 4.79 Å². The summed E-state index contributed by atoms with van der Waals surface area (Å²) in [5, 5.41) is 9.21. The van der Waals surface area contributed by atoms with Gasteiger partial charge in [-0.15, -0.1) is 0 Å². The summed E-state index contributed by atoms with van der Waals surface area (Å²) in [6.45, 7) is 0.511. The first-order valence-electron chi connectivity index (χ1n) is 7.72. The summed E-state index contributed by atoms with van der Waals surface area (Å²) in [6, 6.07) is 6.19. The fourth-order valence-corrected chi connectivity index (χ4v) is 2.81. The molecule has 6 nitrogen and oxygen atoms in total. The van der Waals surface area contributed by atoms with Crippen LogP contribution in [0.25, 0.3) is 0 Å². The van der Waals surface area contributed by atoms with Gasteiger partial charge in [-0.05, 0) is 43.4 Å². The largest absolute Gasteiger partial charge is 0.480 e. The quantitative estimate of drug-likeness (QED) is 0.838. The zero-order valence-corrected chi connectivity index (χ0v) is 13.2. The second kappa shape index (κ2) is 7.76. The number of hydrogen-bond donors (Lipinski definition) is 1. The minimum Gasteiger partial charge on any atom is -0.480 e. The molecular formula is C17H21NO5. The Morgan fingerprint density at radius 2 is 1.91 bits per heavy atom. The number of carbonyl (C=O) groups is 3. The molecule has 1 atom stereocenters. The zero-order chi connectivity index (χ0) is 16.8. The first-order chi connectivity index (χ1) is 11.0. The molecule has 0 bridgehead atoms. The molecule has 1 aromatic carbocycles. The number of nitrogens with zero attached hydrogens (tertiary/aromatic N) is 1. The molecule has 124 valence electrons. The Bertz CT molecular complexity index is 581. The number of likely N-dealkylation sites (tertiary alicyclic amines) is 1. The van der Waals surface area contributed by atoms with Crippen LogP contribution >= 0.6 is 0 Å². The van der Waals surface area contributed by atoms with E-state index in [1.54, 1.807) is 24.3 Å². The van der Waals surface area contributed by atoms with Gasteiger partial charge in [0.1, 0.15) is 6.04 Å². The number of amides is 1. The van der Waals surface area contributed by atoms with E-state index in [9.17, 15) is 19.5 Å². The number of carboxylic acids is 1. The maximum atomic E-state index is 12.3. The Morgan fingerprint density at radius 3 is 2.52 bits per heavy atom. The highest BCUT2D eigenvalue weighted by Crippen LogP contribution is 2.19. The van der Waals surface area contributed by atoms with Gasteiger partial charge in [-0.1, -0.05) is 12.1 Å². The number of aliphatic carboxylic acids is 1. The number of carbonyl (C=O) groups excluding carboxylic acids is 2. The Labute approximate surface area is 135 Å². The zero-order valence-electron chi connectivity index (χ0n) is 13.2. The van der Waals surface area contributed by atoms with Crippen molar-refractivity contribution in [2.24, 2.45) is 0 Å². The fraction of sp³-hybridized carbons (Fsp3) is 0.471. The summed E-state index contributed by atoms with van der Waals surface area (Å²) in [4.78, 5) is 36.4. The van der Waals surface area contributed by atoms with Gasteiger partial charge in [0, 0.05) is 13.0 Å². The summed E-state index contributed by atoms with van der Waals surface area (Å²) in [6.07, 6.45) is 3.00. The highest BCUT2D eigenvalue weighted by Gasteiger charge is 2.31. The molecule has 1 aliphatic heterocycles. The summed E-state index contributed by atoms with van der Waals surface area (Å²) in [5.41, 5.74) is 1.39. The van der Waals surface area contributed by atoms with Crippen molar-refractivity contribution < 1.29 is 24.2 Å². The lowest BCUT2D eigenvalue weighted by Crippen LogP contribution is -2.48. The smallest absolute Gasteiger partial charge is 0.337 e. The van der Waals surface area contributed by atoms with Crippen molar-refractivity contribution in [1.82, 2.24) is 4.90 Å². The van der Waals surface area contributed by atoms with Crippen LogP contribution in [0.15, 0.2) is 24.3 Å². The number of piperidine rings is 1. The van der Waals surface area contributed by atoms with Crippen LogP contribution in [-0.2, 0) is 20.7 Å². The lowest BCUT2D eigenvalue weighted by Gasteiger charge is -2.33. The van der Waals surface area contributed by atoms with Gasteiger partial charge in [0.25, 0.3) is 0 Å². The second-order valence-electron chi connectivity index (χ2n) is 5.63. The van der Waals surface area contributed by atoms with Crippen molar-refractivity contribution in [3.8, 4) is 0 Å². The van der Waals surface area contributed by atoms with E-state index in [0.29, 0.717) is 24.9 Å². The number of esters is 1. The lowest BCUT2D eigenvalue weighted by molar-refractivity contribution is -0.152. The molecule has 0 aliphatic carbocycles. The van der Waals surface area contributed by atoms with Crippen molar-refractivity contribution in [2.75, 3.05) is 13.7 Å². The van der Waals surface area contributed by atoms with Crippen molar-refractivity contribution in [3.63, 3.8) is 0 Å². The first kappa shape index (κ1) is 17.0. The predicted molar refractivity (Wildman–Crippen MR) is 83.1 cm³/mol. The standard InChI is InChI=1S/C17H21NO5/c1-23-17(22)13-8-5-12(6-9-13)7-10-15(19)18-11-3-2-4-14(18)16(20)21/h5-6,8-9,14H,2-4,7,10-11H2,1H3,(H,20,21). The topological polar surface area (TPSA) is 83.9 Å². The van der Waals surface area contributed by atoms with Crippen molar-refractivity contribution in [1.29, 1.82) is 0 Å². The molecule has 1 amide bonds. The summed E-state index contributed by atoms with van der Waals surface area (Å²) in [7, 11) is 1.33. The maximum absolute atomic E-state index is 12.3. The van der Waals surface area contributed by atoms with E-state index >= 15 is 0 Å². The van der Waals surface area contributed by atoms with Gasteiger partial charge >= 0.3 is 11.9 Å². The molecule has 1 aliphatic rings. The average Bonchev–Trinajstić information content (AvgIpc) is 2.59. The van der Waals surface area contributed by atoms with E-state index < -0.39 is 18.0 Å². The van der Waals surface area contributed by atoms with Crippen LogP contribution in [0.1, 0.15) is 41.6 Å². The number of hydrogen-bond acceptors (Lipinski definition) is 4. The number of methoxy groups -OCH3 is 1. The molecule has 1 fully saturated rings. The predicted octanol–water partition coefficient (Wildman–Crippen LogP) is 1.87. The van der Waals surface area contributed by atoms with Gasteiger partial charge < -0.3 is 14.7 Å². The van der Waals surface area contributed by atoms with Crippen LogP contribution < -0.4 is 0 Å². The van der Waals surface area contributed by atoms with Crippen molar-refractivity contribution in [2.45, 2.75) is 38.1 Å². The number of rotatable bonds is 5. The van der Waals surface area contributed by atoms with E-state index in [0.717, 1.165) is 18.4 Å². The maximum Gasteiger partial charge on any atom is 0.337 e. The summed E-state index contributed by atoms with van der Waals surface area (Å²) < 4.78 is 4.63. The third kappa shape index (κ3) is 4.31. The van der Waals surface area contributed by atoms with Crippen LogP contribution in [0.2, 0.25) is 0 Å². The lowest BCUT2D eigenvalue weighted by atomic mass is 10.0. The SMILES string of the molecule is COC(=O)c1ccc(CCC(=O)N2CCCCC2C(=O)O)cc1. The van der Waals surface area contributed by atoms with Crippen molar-refractivity contribution in [3.05, 3.63) is 35.4 Å². The van der Waals surface area contributed by atoms with Crippen molar-refractivity contribution >= 4 is 17.8 Å². The minimum absolute atomic E-state index is 0.130. The van der Waals surface area contributed by atoms with Gasteiger partial charge in [0.05, 0.1) is 12.7 Å².